The number of nitrogens with one attached hydrogen (secondary N) is 1. The Morgan fingerprint density at radius 2 is 2.20 bits per heavy atom. The number of urea groups is 1. The molecule has 1 aliphatic rings. The Kier molecular flexibility index (Phi) is 3.82. The summed E-state index contributed by atoms with van der Waals surface area (Å²) in [4.78, 5) is 12.7. The summed E-state index contributed by atoms with van der Waals surface area (Å²) in [5, 5.41) is 1.87. The van der Waals surface area contributed by atoms with E-state index in [0.29, 0.717) is 19.0 Å². The van der Waals surface area contributed by atoms with Crippen molar-refractivity contribution < 1.29 is 18.0 Å². The van der Waals surface area contributed by atoms with Gasteiger partial charge in [-0.15, -0.1) is 0 Å². The number of carbonyl (C=O) groups excluding carboxylic acids is 1. The number of hydrogen-bond donors (Lipinski definition) is 1. The summed E-state index contributed by atoms with van der Waals surface area (Å²) in [6, 6.07) is -0.608. The monoisotopic (exact) mass is 224 g/mol. The van der Waals surface area contributed by atoms with Crippen LogP contribution < -0.4 is 5.32 Å². The van der Waals surface area contributed by atoms with Gasteiger partial charge < -0.3 is 10.2 Å². The molecular formula is C9H15F3N2O. The molecule has 0 unspecified atom stereocenters. The summed E-state index contributed by atoms with van der Waals surface area (Å²) in [7, 11) is 0. The molecule has 6 heteroatoms. The molecule has 3 nitrogen and oxygen atoms in total. The first-order valence-corrected chi connectivity index (χ1v) is 5.02. The van der Waals surface area contributed by atoms with E-state index in [0.717, 1.165) is 12.8 Å². The zero-order valence-corrected chi connectivity index (χ0v) is 8.60. The van der Waals surface area contributed by atoms with E-state index in [2.05, 4.69) is 0 Å². The maximum Gasteiger partial charge on any atom is 0.405 e. The van der Waals surface area contributed by atoms with Gasteiger partial charge in [0.2, 0.25) is 0 Å². The van der Waals surface area contributed by atoms with Crippen LogP contribution in [0.3, 0.4) is 0 Å². The van der Waals surface area contributed by atoms with E-state index in [1.54, 1.807) is 0 Å². The molecule has 1 heterocycles. The standard InChI is InChI=1S/C9H15F3N2O/c1-2-7-3-4-14(5-7)8(15)13-6-9(10,11)12/h7H,2-6H2,1H3,(H,13,15)/t7-/m1/s1. The van der Waals surface area contributed by atoms with Gasteiger partial charge in [-0.3, -0.25) is 0 Å². The fraction of sp³-hybridized carbons (Fsp3) is 0.889. The van der Waals surface area contributed by atoms with Crippen LogP contribution in [0.5, 0.6) is 0 Å². The highest BCUT2D eigenvalue weighted by atomic mass is 19.4. The molecule has 1 atom stereocenters. The van der Waals surface area contributed by atoms with Crippen LogP contribution in [0.1, 0.15) is 19.8 Å². The van der Waals surface area contributed by atoms with Crippen LogP contribution >= 0.6 is 0 Å². The number of alkyl halides is 3. The number of rotatable bonds is 2. The fourth-order valence-corrected chi connectivity index (χ4v) is 1.64. The lowest BCUT2D eigenvalue weighted by molar-refractivity contribution is -0.123. The lowest BCUT2D eigenvalue weighted by atomic mass is 10.1. The number of nitrogens with zero attached hydrogens (tertiary/aromatic N) is 1. The predicted molar refractivity (Wildman–Crippen MR) is 49.4 cm³/mol. The maximum atomic E-state index is 11.8. The zero-order valence-electron chi connectivity index (χ0n) is 8.60. The molecule has 1 rings (SSSR count). The minimum Gasteiger partial charge on any atom is -0.329 e. The number of halogens is 3. The second kappa shape index (κ2) is 4.72. The summed E-state index contributed by atoms with van der Waals surface area (Å²) < 4.78 is 35.4. The van der Waals surface area contributed by atoms with Crippen LogP contribution in [0.15, 0.2) is 0 Å². The Morgan fingerprint density at radius 3 is 2.67 bits per heavy atom. The van der Waals surface area contributed by atoms with E-state index >= 15 is 0 Å². The third kappa shape index (κ3) is 3.97. The van der Waals surface area contributed by atoms with E-state index in [4.69, 9.17) is 0 Å². The molecule has 0 aliphatic carbocycles. The third-order valence-corrected chi connectivity index (χ3v) is 2.59. The zero-order chi connectivity index (χ0) is 11.5. The molecular weight excluding hydrogens is 209 g/mol. The minimum atomic E-state index is -4.33. The lowest BCUT2D eigenvalue weighted by Crippen LogP contribution is -2.42. The smallest absolute Gasteiger partial charge is 0.329 e. The second-order valence-electron chi connectivity index (χ2n) is 3.78. The third-order valence-electron chi connectivity index (χ3n) is 2.59. The van der Waals surface area contributed by atoms with Crippen molar-refractivity contribution in [1.29, 1.82) is 0 Å². The largest absolute Gasteiger partial charge is 0.405 e. The molecule has 1 fully saturated rings. The van der Waals surface area contributed by atoms with Gasteiger partial charge in [0.1, 0.15) is 6.54 Å². The van der Waals surface area contributed by atoms with E-state index in [1.165, 1.54) is 4.90 Å². The Bertz CT molecular complexity index is 230. The number of likely N-dealkylation sites (tertiary alicyclic amines) is 1. The van der Waals surface area contributed by atoms with Crippen molar-refractivity contribution in [2.45, 2.75) is 25.9 Å². The van der Waals surface area contributed by atoms with Gasteiger partial charge in [-0.25, -0.2) is 4.79 Å². The number of amides is 2. The first-order valence-electron chi connectivity index (χ1n) is 5.02. The molecule has 0 spiro atoms. The summed E-state index contributed by atoms with van der Waals surface area (Å²) in [5.41, 5.74) is 0. The molecule has 2 amide bonds. The van der Waals surface area contributed by atoms with Crippen LogP contribution in [0, 0.1) is 5.92 Å². The fourth-order valence-electron chi connectivity index (χ4n) is 1.64. The first kappa shape index (κ1) is 12.1. The molecule has 0 aromatic carbocycles. The first-order chi connectivity index (χ1) is 6.92. The summed E-state index contributed by atoms with van der Waals surface area (Å²) in [6.07, 6.45) is -2.49. The molecule has 0 bridgehead atoms. The molecule has 15 heavy (non-hydrogen) atoms. The Labute approximate surface area is 86.6 Å². The number of carbonyl (C=O) groups is 1. The van der Waals surface area contributed by atoms with Crippen LogP contribution in [0.4, 0.5) is 18.0 Å². The lowest BCUT2D eigenvalue weighted by Gasteiger charge is -2.17. The van der Waals surface area contributed by atoms with Crippen LogP contribution in [-0.4, -0.2) is 36.7 Å². The van der Waals surface area contributed by atoms with Gasteiger partial charge >= 0.3 is 12.2 Å². The highest BCUT2D eigenvalue weighted by Gasteiger charge is 2.30. The van der Waals surface area contributed by atoms with E-state index < -0.39 is 18.8 Å². The predicted octanol–water partition coefficient (Wildman–Crippen LogP) is 1.99. The van der Waals surface area contributed by atoms with Gasteiger partial charge in [-0.1, -0.05) is 13.3 Å². The van der Waals surface area contributed by atoms with Gasteiger partial charge in [0.25, 0.3) is 0 Å². The highest BCUT2D eigenvalue weighted by Crippen LogP contribution is 2.19. The Morgan fingerprint density at radius 1 is 1.53 bits per heavy atom. The van der Waals surface area contributed by atoms with Crippen LogP contribution in [-0.2, 0) is 0 Å². The number of hydrogen-bond acceptors (Lipinski definition) is 1. The quantitative estimate of drug-likeness (QED) is 0.764. The van der Waals surface area contributed by atoms with Crippen molar-refractivity contribution in [3.05, 3.63) is 0 Å². The minimum absolute atomic E-state index is 0.432. The molecule has 1 aliphatic heterocycles. The van der Waals surface area contributed by atoms with Crippen molar-refractivity contribution in [2.75, 3.05) is 19.6 Å². The van der Waals surface area contributed by atoms with Gasteiger partial charge in [0, 0.05) is 13.1 Å². The second-order valence-corrected chi connectivity index (χ2v) is 3.78. The summed E-state index contributed by atoms with van der Waals surface area (Å²) in [6.45, 7) is 1.89. The van der Waals surface area contributed by atoms with Crippen LogP contribution in [0.2, 0.25) is 0 Å². The molecule has 0 aromatic heterocycles. The SMILES string of the molecule is CC[C@@H]1CCN(C(=O)NCC(F)(F)F)C1. The molecule has 0 aromatic rings. The Hall–Kier alpha value is -0.940. The van der Waals surface area contributed by atoms with E-state index in [-0.39, 0.29) is 0 Å². The average molecular weight is 224 g/mol. The van der Waals surface area contributed by atoms with Gasteiger partial charge in [-0.05, 0) is 12.3 Å². The van der Waals surface area contributed by atoms with E-state index in [9.17, 15) is 18.0 Å². The maximum absolute atomic E-state index is 11.8. The molecule has 1 saturated heterocycles. The summed E-state index contributed by atoms with van der Waals surface area (Å²) >= 11 is 0. The highest BCUT2D eigenvalue weighted by molar-refractivity contribution is 5.74. The summed E-state index contributed by atoms with van der Waals surface area (Å²) in [5.74, 6) is 0.432. The van der Waals surface area contributed by atoms with E-state index in [1.807, 2.05) is 12.2 Å². The molecule has 0 radical (unpaired) electrons. The van der Waals surface area contributed by atoms with Crippen molar-refractivity contribution in [1.82, 2.24) is 10.2 Å². The molecule has 0 saturated carbocycles. The Balaban J connectivity index is 2.30. The van der Waals surface area contributed by atoms with Crippen molar-refractivity contribution in [3.63, 3.8) is 0 Å². The topological polar surface area (TPSA) is 32.3 Å². The molecule has 88 valence electrons. The molecule has 1 N–H and O–H groups in total. The van der Waals surface area contributed by atoms with Crippen LogP contribution in [0.25, 0.3) is 0 Å². The van der Waals surface area contributed by atoms with Gasteiger partial charge in [-0.2, -0.15) is 13.2 Å². The van der Waals surface area contributed by atoms with Crippen molar-refractivity contribution in [2.24, 2.45) is 5.92 Å². The van der Waals surface area contributed by atoms with Gasteiger partial charge in [0.05, 0.1) is 0 Å². The van der Waals surface area contributed by atoms with Gasteiger partial charge in [0.15, 0.2) is 0 Å². The average Bonchev–Trinajstić information content (AvgIpc) is 2.61. The normalized spacial score (nSPS) is 21.9. The van der Waals surface area contributed by atoms with Crippen molar-refractivity contribution in [3.8, 4) is 0 Å². The van der Waals surface area contributed by atoms with Crippen molar-refractivity contribution >= 4 is 6.03 Å².